The molecule has 0 fully saturated rings. The molecule has 0 saturated heterocycles. The molecule has 1 rings (SSSR count). The molecule has 0 bridgehead atoms. The summed E-state index contributed by atoms with van der Waals surface area (Å²) in [6, 6.07) is 5.65. The molecule has 1 aromatic carbocycles. The van der Waals surface area contributed by atoms with E-state index in [0.29, 0.717) is 5.69 Å². The van der Waals surface area contributed by atoms with Crippen LogP contribution in [0.4, 0.5) is 18.9 Å². The third-order valence-electron chi connectivity index (χ3n) is 1.84. The second-order valence-electron chi connectivity index (χ2n) is 3.42. The first-order chi connectivity index (χ1) is 8.40. The summed E-state index contributed by atoms with van der Waals surface area (Å²) in [5.41, 5.74) is 0.484. The van der Waals surface area contributed by atoms with Gasteiger partial charge in [-0.1, -0.05) is 6.08 Å². The highest BCUT2D eigenvalue weighted by Crippen LogP contribution is 2.20. The Morgan fingerprint density at radius 1 is 1.33 bits per heavy atom. The monoisotopic (exact) mass is 259 g/mol. The second-order valence-corrected chi connectivity index (χ2v) is 3.42. The molecule has 0 spiro atoms. The van der Waals surface area contributed by atoms with Crippen LogP contribution < -0.4 is 10.1 Å². The lowest BCUT2D eigenvalue weighted by Gasteiger charge is -2.09. The minimum Gasteiger partial charge on any atom is -0.484 e. The number of hydrogen-bond donors (Lipinski definition) is 1. The molecule has 1 aromatic rings. The molecule has 0 atom stereocenters. The number of ether oxygens (including phenoxy) is 1. The fourth-order valence-corrected chi connectivity index (χ4v) is 1.13. The van der Waals surface area contributed by atoms with E-state index in [2.05, 4.69) is 10.1 Å². The first-order valence-corrected chi connectivity index (χ1v) is 5.14. The largest absolute Gasteiger partial charge is 0.484 e. The van der Waals surface area contributed by atoms with Crippen LogP contribution in [0.2, 0.25) is 0 Å². The van der Waals surface area contributed by atoms with Gasteiger partial charge in [0.2, 0.25) is 5.91 Å². The van der Waals surface area contributed by atoms with Crippen molar-refractivity contribution in [2.75, 3.05) is 11.9 Å². The third kappa shape index (κ3) is 5.38. The van der Waals surface area contributed by atoms with Crippen LogP contribution in [0.5, 0.6) is 5.75 Å². The average molecular weight is 259 g/mol. The van der Waals surface area contributed by atoms with Gasteiger partial charge >= 0.3 is 6.18 Å². The lowest BCUT2D eigenvalue weighted by molar-refractivity contribution is -0.153. The molecule has 0 aliphatic rings. The van der Waals surface area contributed by atoms with E-state index in [9.17, 15) is 18.0 Å². The standard InChI is InChI=1S/C12H12F3NO2/c1-2-3-11(17)16-9-4-6-10(7-5-9)18-8-12(13,14)15/h2-7H,8H2,1H3,(H,16,17). The van der Waals surface area contributed by atoms with Gasteiger partial charge in [0.05, 0.1) is 0 Å². The van der Waals surface area contributed by atoms with Crippen molar-refractivity contribution >= 4 is 11.6 Å². The van der Waals surface area contributed by atoms with E-state index in [4.69, 9.17) is 0 Å². The Hall–Kier alpha value is -1.98. The van der Waals surface area contributed by atoms with Gasteiger partial charge in [-0.15, -0.1) is 0 Å². The second kappa shape index (κ2) is 6.09. The number of rotatable bonds is 4. The number of allylic oxidation sites excluding steroid dienone is 1. The molecule has 98 valence electrons. The number of anilines is 1. The molecule has 3 nitrogen and oxygen atoms in total. The number of nitrogens with one attached hydrogen (secondary N) is 1. The maximum atomic E-state index is 11.9. The molecule has 0 saturated carbocycles. The van der Waals surface area contributed by atoms with Crippen molar-refractivity contribution in [3.05, 3.63) is 36.4 Å². The Morgan fingerprint density at radius 3 is 2.44 bits per heavy atom. The van der Waals surface area contributed by atoms with Crippen LogP contribution in [-0.4, -0.2) is 18.7 Å². The Kier molecular flexibility index (Phi) is 4.76. The van der Waals surface area contributed by atoms with Crippen LogP contribution in [0.15, 0.2) is 36.4 Å². The topological polar surface area (TPSA) is 38.3 Å². The van der Waals surface area contributed by atoms with E-state index < -0.39 is 12.8 Å². The van der Waals surface area contributed by atoms with Gasteiger partial charge in [0, 0.05) is 5.69 Å². The Labute approximate surface area is 102 Å². The zero-order valence-corrected chi connectivity index (χ0v) is 9.62. The number of alkyl halides is 3. The summed E-state index contributed by atoms with van der Waals surface area (Å²) in [4.78, 5) is 11.2. The van der Waals surface area contributed by atoms with Crippen molar-refractivity contribution in [1.29, 1.82) is 0 Å². The number of amides is 1. The number of halogens is 3. The van der Waals surface area contributed by atoms with Crippen LogP contribution in [0.3, 0.4) is 0 Å². The van der Waals surface area contributed by atoms with Gasteiger partial charge in [-0.25, -0.2) is 0 Å². The molecule has 0 aliphatic heterocycles. The summed E-state index contributed by atoms with van der Waals surface area (Å²) in [7, 11) is 0. The van der Waals surface area contributed by atoms with Crippen molar-refractivity contribution in [3.8, 4) is 5.75 Å². The molecule has 1 N–H and O–H groups in total. The Balaban J connectivity index is 2.55. The Bertz CT molecular complexity index is 424. The fraction of sp³-hybridized carbons (Fsp3) is 0.250. The van der Waals surface area contributed by atoms with Crippen molar-refractivity contribution in [1.82, 2.24) is 0 Å². The fourth-order valence-electron chi connectivity index (χ4n) is 1.13. The van der Waals surface area contributed by atoms with Crippen molar-refractivity contribution in [3.63, 3.8) is 0 Å². The summed E-state index contributed by atoms with van der Waals surface area (Å²) >= 11 is 0. The maximum absolute atomic E-state index is 11.9. The Morgan fingerprint density at radius 2 is 1.94 bits per heavy atom. The van der Waals surface area contributed by atoms with Crippen molar-refractivity contribution in [2.45, 2.75) is 13.1 Å². The quantitative estimate of drug-likeness (QED) is 0.843. The zero-order chi connectivity index (χ0) is 13.6. The maximum Gasteiger partial charge on any atom is 0.422 e. The van der Waals surface area contributed by atoms with Crippen LogP contribution in [0, 0.1) is 0 Å². The predicted octanol–water partition coefficient (Wildman–Crippen LogP) is 3.14. The SMILES string of the molecule is CC=CC(=O)Nc1ccc(OCC(F)(F)F)cc1. The van der Waals surface area contributed by atoms with Gasteiger partial charge in [-0.3, -0.25) is 4.79 Å². The van der Waals surface area contributed by atoms with Gasteiger partial charge in [0.1, 0.15) is 5.75 Å². The number of carbonyl (C=O) groups excluding carboxylic acids is 1. The minimum atomic E-state index is -4.36. The highest BCUT2D eigenvalue weighted by atomic mass is 19.4. The van der Waals surface area contributed by atoms with E-state index >= 15 is 0 Å². The first kappa shape index (κ1) is 14.1. The van der Waals surface area contributed by atoms with Gasteiger partial charge in [-0.2, -0.15) is 13.2 Å². The molecule has 6 heteroatoms. The van der Waals surface area contributed by atoms with Gasteiger partial charge < -0.3 is 10.1 Å². The molecule has 0 aliphatic carbocycles. The first-order valence-electron chi connectivity index (χ1n) is 5.14. The number of hydrogen-bond acceptors (Lipinski definition) is 2. The van der Waals surface area contributed by atoms with Gasteiger partial charge in [-0.05, 0) is 37.3 Å². The van der Waals surface area contributed by atoms with Crippen molar-refractivity contribution in [2.24, 2.45) is 0 Å². The zero-order valence-electron chi connectivity index (χ0n) is 9.62. The van der Waals surface area contributed by atoms with E-state index in [1.165, 1.54) is 30.3 Å². The van der Waals surface area contributed by atoms with Crippen LogP contribution in [-0.2, 0) is 4.79 Å². The molecular weight excluding hydrogens is 247 g/mol. The normalized spacial score (nSPS) is 11.6. The summed E-state index contributed by atoms with van der Waals surface area (Å²) in [5, 5.41) is 2.54. The van der Waals surface area contributed by atoms with E-state index in [0.717, 1.165) is 0 Å². The molecule has 0 unspecified atom stereocenters. The number of carbonyl (C=O) groups is 1. The molecular formula is C12H12F3NO2. The summed E-state index contributed by atoms with van der Waals surface area (Å²) in [6.07, 6.45) is -1.44. The minimum absolute atomic E-state index is 0.0938. The summed E-state index contributed by atoms with van der Waals surface area (Å²) in [6.45, 7) is 0.366. The van der Waals surface area contributed by atoms with E-state index in [-0.39, 0.29) is 11.7 Å². The summed E-state index contributed by atoms with van der Waals surface area (Å²) < 4.78 is 40.2. The molecule has 0 heterocycles. The average Bonchev–Trinajstić information content (AvgIpc) is 2.27. The van der Waals surface area contributed by atoms with Crippen LogP contribution in [0.25, 0.3) is 0 Å². The van der Waals surface area contributed by atoms with Crippen LogP contribution in [0.1, 0.15) is 6.92 Å². The number of benzene rings is 1. The van der Waals surface area contributed by atoms with Crippen LogP contribution >= 0.6 is 0 Å². The van der Waals surface area contributed by atoms with E-state index in [1.807, 2.05) is 0 Å². The lowest BCUT2D eigenvalue weighted by atomic mass is 10.3. The molecule has 1 amide bonds. The molecule has 0 aromatic heterocycles. The lowest BCUT2D eigenvalue weighted by Crippen LogP contribution is -2.19. The summed E-state index contributed by atoms with van der Waals surface area (Å²) in [5.74, 6) is -0.210. The predicted molar refractivity (Wildman–Crippen MR) is 61.4 cm³/mol. The highest BCUT2D eigenvalue weighted by Gasteiger charge is 2.28. The van der Waals surface area contributed by atoms with Gasteiger partial charge in [0.25, 0.3) is 0 Å². The van der Waals surface area contributed by atoms with E-state index in [1.54, 1.807) is 13.0 Å². The highest BCUT2D eigenvalue weighted by molar-refractivity contribution is 5.99. The third-order valence-corrected chi connectivity index (χ3v) is 1.84. The smallest absolute Gasteiger partial charge is 0.422 e. The molecule has 0 radical (unpaired) electrons. The molecule has 18 heavy (non-hydrogen) atoms. The van der Waals surface area contributed by atoms with Gasteiger partial charge in [0.15, 0.2) is 6.61 Å². The van der Waals surface area contributed by atoms with Crippen molar-refractivity contribution < 1.29 is 22.7 Å².